The van der Waals surface area contributed by atoms with Crippen LogP contribution in [-0.4, -0.2) is 25.5 Å². The number of fused-ring (bicyclic) bond motifs is 2. The summed E-state index contributed by atoms with van der Waals surface area (Å²) < 4.78 is 2.62. The van der Waals surface area contributed by atoms with Crippen molar-refractivity contribution in [1.82, 2.24) is 19.6 Å². The SMILES string of the molecule is Nc1nc2c(C(=O)Nc3ccc(Cl)cc3)c(Nc3ccc(Cl)cc3)nn2c(-c2ccc(Cl)cc2)c1-c1nc2ccccc2s1. The Morgan fingerprint density at radius 1 is 0.773 bits per heavy atom. The van der Waals surface area contributed by atoms with Crippen LogP contribution in [0.5, 0.6) is 0 Å². The minimum absolute atomic E-state index is 0.188. The summed E-state index contributed by atoms with van der Waals surface area (Å²) in [5.41, 5.74) is 11.2. The number of halogens is 3. The zero-order valence-corrected chi connectivity index (χ0v) is 25.6. The lowest BCUT2D eigenvalue weighted by Crippen LogP contribution is -2.14. The summed E-state index contributed by atoms with van der Waals surface area (Å²) in [5.74, 6) is 0.0165. The smallest absolute Gasteiger partial charge is 0.263 e. The molecule has 0 fully saturated rings. The fourth-order valence-electron chi connectivity index (χ4n) is 4.82. The molecule has 0 saturated heterocycles. The van der Waals surface area contributed by atoms with E-state index in [0.29, 0.717) is 42.7 Å². The first-order valence-electron chi connectivity index (χ1n) is 13.3. The zero-order chi connectivity index (χ0) is 30.4. The first-order chi connectivity index (χ1) is 21.3. The molecule has 1 amide bonds. The number of benzene rings is 4. The van der Waals surface area contributed by atoms with E-state index >= 15 is 0 Å². The van der Waals surface area contributed by atoms with Crippen molar-refractivity contribution >= 4 is 90.9 Å². The normalized spacial score (nSPS) is 11.2. The van der Waals surface area contributed by atoms with E-state index in [-0.39, 0.29) is 22.8 Å². The minimum Gasteiger partial charge on any atom is -0.383 e. The summed E-state index contributed by atoms with van der Waals surface area (Å²) in [6, 6.07) is 29.0. The number of hydrogen-bond donors (Lipinski definition) is 3. The molecule has 0 bridgehead atoms. The maximum absolute atomic E-state index is 13.9. The van der Waals surface area contributed by atoms with Gasteiger partial charge in [-0.1, -0.05) is 59.1 Å². The van der Waals surface area contributed by atoms with Crippen LogP contribution in [0.3, 0.4) is 0 Å². The number of nitrogen functional groups attached to an aromatic ring is 1. The van der Waals surface area contributed by atoms with Crippen LogP contribution in [0.4, 0.5) is 23.0 Å². The van der Waals surface area contributed by atoms with Gasteiger partial charge in [-0.3, -0.25) is 4.79 Å². The van der Waals surface area contributed by atoms with Gasteiger partial charge in [0, 0.05) is 32.0 Å². The number of nitrogens with two attached hydrogens (primary N) is 1. The van der Waals surface area contributed by atoms with Crippen LogP contribution in [0.1, 0.15) is 10.4 Å². The van der Waals surface area contributed by atoms with E-state index in [1.54, 1.807) is 65.2 Å². The number of hydrogen-bond acceptors (Lipinski definition) is 7. The van der Waals surface area contributed by atoms with Gasteiger partial charge in [0.15, 0.2) is 11.5 Å². The summed E-state index contributed by atoms with van der Waals surface area (Å²) in [4.78, 5) is 23.6. The van der Waals surface area contributed by atoms with E-state index in [1.807, 2.05) is 36.4 Å². The molecule has 0 spiro atoms. The highest BCUT2D eigenvalue weighted by Crippen LogP contribution is 2.41. The molecule has 0 radical (unpaired) electrons. The Labute approximate surface area is 270 Å². The Hall–Kier alpha value is -4.67. The van der Waals surface area contributed by atoms with Gasteiger partial charge in [0.2, 0.25) is 0 Å². The molecule has 0 aliphatic heterocycles. The van der Waals surface area contributed by atoms with Crippen molar-refractivity contribution < 1.29 is 4.79 Å². The van der Waals surface area contributed by atoms with E-state index in [0.717, 1.165) is 15.8 Å². The Balaban J connectivity index is 1.49. The number of rotatable bonds is 6. The van der Waals surface area contributed by atoms with Crippen molar-refractivity contribution in [2.75, 3.05) is 16.4 Å². The quantitative estimate of drug-likeness (QED) is 0.165. The lowest BCUT2D eigenvalue weighted by atomic mass is 10.1. The van der Waals surface area contributed by atoms with Gasteiger partial charge in [-0.2, -0.15) is 0 Å². The molecule has 12 heteroatoms. The minimum atomic E-state index is -0.444. The van der Waals surface area contributed by atoms with Crippen LogP contribution in [0.2, 0.25) is 15.1 Å². The summed E-state index contributed by atoms with van der Waals surface area (Å²) >= 11 is 19.9. The molecule has 216 valence electrons. The highest BCUT2D eigenvalue weighted by Gasteiger charge is 2.28. The van der Waals surface area contributed by atoms with E-state index in [2.05, 4.69) is 10.6 Å². The van der Waals surface area contributed by atoms with Crippen molar-refractivity contribution in [3.63, 3.8) is 0 Å². The molecule has 7 rings (SSSR count). The summed E-state index contributed by atoms with van der Waals surface area (Å²) in [6.07, 6.45) is 0. The maximum Gasteiger partial charge on any atom is 0.263 e. The van der Waals surface area contributed by atoms with Crippen LogP contribution >= 0.6 is 46.1 Å². The third kappa shape index (κ3) is 5.31. The molecule has 3 aromatic heterocycles. The summed E-state index contributed by atoms with van der Waals surface area (Å²) in [6.45, 7) is 0. The average Bonchev–Trinajstić information content (AvgIpc) is 3.60. The van der Waals surface area contributed by atoms with Crippen LogP contribution in [0.15, 0.2) is 97.1 Å². The van der Waals surface area contributed by atoms with Crippen LogP contribution in [0, 0.1) is 0 Å². The van der Waals surface area contributed by atoms with Gasteiger partial charge >= 0.3 is 0 Å². The second-order valence-corrected chi connectivity index (χ2v) is 12.1. The predicted octanol–water partition coefficient (Wildman–Crippen LogP) is 9.21. The predicted molar refractivity (Wildman–Crippen MR) is 181 cm³/mol. The van der Waals surface area contributed by atoms with E-state index in [1.165, 1.54) is 11.3 Å². The van der Waals surface area contributed by atoms with Crippen molar-refractivity contribution in [3.8, 4) is 21.8 Å². The molecule has 8 nitrogen and oxygen atoms in total. The van der Waals surface area contributed by atoms with Gasteiger partial charge in [-0.25, -0.2) is 14.5 Å². The van der Waals surface area contributed by atoms with Crippen molar-refractivity contribution in [2.24, 2.45) is 0 Å². The first kappa shape index (κ1) is 28.1. The number of amides is 1. The molecular formula is C32H20Cl3N7OS. The first-order valence-corrected chi connectivity index (χ1v) is 15.2. The van der Waals surface area contributed by atoms with Crippen LogP contribution < -0.4 is 16.4 Å². The Morgan fingerprint density at radius 3 is 2.05 bits per heavy atom. The fraction of sp³-hybridized carbons (Fsp3) is 0. The van der Waals surface area contributed by atoms with Gasteiger partial charge in [0.05, 0.1) is 21.5 Å². The Morgan fingerprint density at radius 2 is 1.39 bits per heavy atom. The molecule has 44 heavy (non-hydrogen) atoms. The molecule has 0 aliphatic rings. The molecule has 0 unspecified atom stereocenters. The Kier molecular flexibility index (Phi) is 7.31. The van der Waals surface area contributed by atoms with Gasteiger partial charge in [-0.15, -0.1) is 16.4 Å². The number of anilines is 4. The molecule has 0 aliphatic carbocycles. The molecular weight excluding hydrogens is 637 g/mol. The van der Waals surface area contributed by atoms with Gasteiger partial charge in [0.1, 0.15) is 16.4 Å². The summed E-state index contributed by atoms with van der Waals surface area (Å²) in [5, 5.41) is 13.5. The molecule has 3 heterocycles. The van der Waals surface area contributed by atoms with Gasteiger partial charge in [0.25, 0.3) is 5.91 Å². The second kappa shape index (κ2) is 11.4. The number of nitrogens with one attached hydrogen (secondary N) is 2. The number of carbonyl (C=O) groups excluding carboxylic acids is 1. The largest absolute Gasteiger partial charge is 0.383 e. The van der Waals surface area contributed by atoms with Crippen LogP contribution in [-0.2, 0) is 0 Å². The van der Waals surface area contributed by atoms with E-state index < -0.39 is 5.91 Å². The molecule has 7 aromatic rings. The molecule has 0 atom stereocenters. The van der Waals surface area contributed by atoms with E-state index in [4.69, 9.17) is 55.6 Å². The monoisotopic (exact) mass is 655 g/mol. The Bertz CT molecular complexity index is 2150. The zero-order valence-electron chi connectivity index (χ0n) is 22.6. The van der Waals surface area contributed by atoms with E-state index in [9.17, 15) is 4.79 Å². The molecule has 4 aromatic carbocycles. The lowest BCUT2D eigenvalue weighted by Gasteiger charge is -2.13. The third-order valence-corrected chi connectivity index (χ3v) is 8.66. The number of aromatic nitrogens is 4. The fourth-order valence-corrected chi connectivity index (χ4v) is 6.22. The van der Waals surface area contributed by atoms with Crippen molar-refractivity contribution in [2.45, 2.75) is 0 Å². The topological polar surface area (TPSA) is 110 Å². The number of carbonyl (C=O) groups is 1. The van der Waals surface area contributed by atoms with Crippen LogP contribution in [0.25, 0.3) is 37.7 Å². The third-order valence-electron chi connectivity index (χ3n) is 6.85. The second-order valence-electron chi connectivity index (χ2n) is 9.77. The number of nitrogens with zero attached hydrogens (tertiary/aromatic N) is 4. The average molecular weight is 657 g/mol. The highest BCUT2D eigenvalue weighted by molar-refractivity contribution is 7.21. The van der Waals surface area contributed by atoms with Crippen molar-refractivity contribution in [1.29, 1.82) is 0 Å². The number of thiazole rings is 1. The van der Waals surface area contributed by atoms with Gasteiger partial charge < -0.3 is 16.4 Å². The standard InChI is InChI=1S/C32H20Cl3N7OS/c33-18-7-5-17(6-8-18)27-25(32-39-23-3-1-2-4-24(23)44-32)28(36)40-30-26(31(43)38-22-15-11-20(35)12-16-22)29(41-42(27)30)37-21-13-9-19(34)10-14-21/h1-16H,(H2,36,40)(H,37,41)(H,38,43). The number of para-hydroxylation sites is 1. The lowest BCUT2D eigenvalue weighted by molar-refractivity contribution is 0.102. The maximum atomic E-state index is 13.9. The highest BCUT2D eigenvalue weighted by atomic mass is 35.5. The summed E-state index contributed by atoms with van der Waals surface area (Å²) in [7, 11) is 0. The van der Waals surface area contributed by atoms with Crippen molar-refractivity contribution in [3.05, 3.63) is 118 Å². The molecule has 0 saturated carbocycles. The van der Waals surface area contributed by atoms with Gasteiger partial charge in [-0.05, 0) is 72.8 Å². The molecule has 4 N–H and O–H groups in total.